The van der Waals surface area contributed by atoms with Crippen LogP contribution in [0, 0.1) is 13.8 Å². The summed E-state index contributed by atoms with van der Waals surface area (Å²) in [5.74, 6) is 0. The normalized spacial score (nSPS) is 10.7. The fourth-order valence-electron chi connectivity index (χ4n) is 2.38. The monoisotopic (exact) mass is 376 g/mol. The Morgan fingerprint density at radius 2 is 1.88 bits per heavy atom. The lowest BCUT2D eigenvalue weighted by Gasteiger charge is -2.12. The summed E-state index contributed by atoms with van der Waals surface area (Å²) in [5.41, 5.74) is 1.81. The van der Waals surface area contributed by atoms with Gasteiger partial charge in [0.25, 0.3) is 5.56 Å². The molecule has 25 heavy (non-hydrogen) atoms. The van der Waals surface area contributed by atoms with Crippen molar-refractivity contribution in [1.29, 1.82) is 0 Å². The number of rotatable bonds is 2. The molecule has 2 N–H and O–H groups in total. The van der Waals surface area contributed by atoms with Crippen LogP contribution in [0.2, 0.25) is 10.0 Å². The van der Waals surface area contributed by atoms with Crippen LogP contribution >= 0.6 is 23.2 Å². The molecule has 0 spiro atoms. The van der Waals surface area contributed by atoms with Gasteiger partial charge in [0, 0.05) is 16.9 Å². The second kappa shape index (κ2) is 6.74. The Kier molecular flexibility index (Phi) is 4.65. The van der Waals surface area contributed by atoms with Crippen LogP contribution in [0.4, 0.5) is 16.2 Å². The number of amides is 2. The van der Waals surface area contributed by atoms with Crippen LogP contribution in [0.15, 0.2) is 41.3 Å². The van der Waals surface area contributed by atoms with Gasteiger partial charge in [0.1, 0.15) is 11.3 Å². The maximum Gasteiger partial charge on any atom is 0.323 e. The van der Waals surface area contributed by atoms with Crippen molar-refractivity contribution in [3.63, 3.8) is 0 Å². The highest BCUT2D eigenvalue weighted by atomic mass is 35.5. The van der Waals surface area contributed by atoms with E-state index in [1.807, 2.05) is 0 Å². The van der Waals surface area contributed by atoms with E-state index < -0.39 is 11.6 Å². The number of nitrogens with one attached hydrogen (secondary N) is 2. The van der Waals surface area contributed by atoms with E-state index in [0.717, 1.165) is 5.56 Å². The molecule has 6 nitrogen and oxygen atoms in total. The molecule has 8 heteroatoms. The molecule has 0 radical (unpaired) electrons. The zero-order valence-corrected chi connectivity index (χ0v) is 14.9. The highest BCUT2D eigenvalue weighted by Crippen LogP contribution is 2.23. The first-order valence-electron chi connectivity index (χ1n) is 7.38. The Bertz CT molecular complexity index is 1050. The number of aromatic nitrogens is 2. The molecule has 0 atom stereocenters. The van der Waals surface area contributed by atoms with E-state index in [4.69, 9.17) is 23.2 Å². The predicted octanol–water partition coefficient (Wildman–Crippen LogP) is 4.26. The number of aryl methyl sites for hydroxylation is 1. The van der Waals surface area contributed by atoms with Gasteiger partial charge in [-0.25, -0.2) is 9.78 Å². The third kappa shape index (κ3) is 3.45. The van der Waals surface area contributed by atoms with Gasteiger partial charge in [-0.15, -0.1) is 0 Å². The zero-order chi connectivity index (χ0) is 18.1. The molecule has 0 aliphatic heterocycles. The second-order valence-corrected chi connectivity index (χ2v) is 6.29. The summed E-state index contributed by atoms with van der Waals surface area (Å²) < 4.78 is 1.29. The van der Waals surface area contributed by atoms with Crippen molar-refractivity contribution in [2.75, 3.05) is 10.6 Å². The first-order chi connectivity index (χ1) is 11.9. The van der Waals surface area contributed by atoms with Crippen LogP contribution in [0.3, 0.4) is 0 Å². The Morgan fingerprint density at radius 1 is 1.12 bits per heavy atom. The molecule has 0 bridgehead atoms. The Balaban J connectivity index is 1.93. The molecule has 2 heterocycles. The predicted molar refractivity (Wildman–Crippen MR) is 100 cm³/mol. The average Bonchev–Trinajstić information content (AvgIpc) is 2.56. The molecular weight excluding hydrogens is 363 g/mol. The van der Waals surface area contributed by atoms with Crippen LogP contribution in [0.25, 0.3) is 5.65 Å². The van der Waals surface area contributed by atoms with Crippen molar-refractivity contribution in [1.82, 2.24) is 9.38 Å². The number of carbonyl (C=O) groups excluding carboxylic acids is 1. The molecule has 2 amide bonds. The lowest BCUT2D eigenvalue weighted by molar-refractivity contribution is 0.262. The number of carbonyl (C=O) groups is 1. The summed E-state index contributed by atoms with van der Waals surface area (Å²) in [6.07, 6.45) is 1.45. The van der Waals surface area contributed by atoms with Crippen molar-refractivity contribution in [3.8, 4) is 0 Å². The van der Waals surface area contributed by atoms with E-state index in [9.17, 15) is 9.59 Å². The van der Waals surface area contributed by atoms with Crippen LogP contribution < -0.4 is 16.2 Å². The van der Waals surface area contributed by atoms with Crippen LogP contribution in [-0.2, 0) is 0 Å². The molecule has 0 unspecified atom stereocenters. The molecular formula is C17H14Cl2N4O2. The minimum absolute atomic E-state index is 0.0805. The number of pyridine rings is 1. The Labute approximate surface area is 153 Å². The van der Waals surface area contributed by atoms with Gasteiger partial charge in [0.15, 0.2) is 0 Å². The summed E-state index contributed by atoms with van der Waals surface area (Å²) in [5, 5.41) is 6.16. The average molecular weight is 377 g/mol. The molecule has 0 saturated carbocycles. The van der Waals surface area contributed by atoms with E-state index in [-0.39, 0.29) is 5.69 Å². The molecule has 2 aromatic heterocycles. The standard InChI is InChI=1S/C17H14Cl2N4O2/c1-9-12(19)4-3-5-13(9)21-17(25)22-15-10(2)20-14-7-6-11(18)8-23(14)16(15)24/h3-8H,1-2H3,(H2,21,22,25). The molecule has 0 aliphatic rings. The van der Waals surface area contributed by atoms with Crippen molar-refractivity contribution >= 4 is 46.3 Å². The van der Waals surface area contributed by atoms with E-state index in [0.29, 0.717) is 27.1 Å². The smallest absolute Gasteiger partial charge is 0.307 e. The lowest BCUT2D eigenvalue weighted by Crippen LogP contribution is -2.28. The van der Waals surface area contributed by atoms with Gasteiger partial charge in [0.2, 0.25) is 0 Å². The Hall–Kier alpha value is -2.57. The number of benzene rings is 1. The summed E-state index contributed by atoms with van der Waals surface area (Å²) in [6, 6.07) is 7.90. The fourth-order valence-corrected chi connectivity index (χ4v) is 2.71. The van der Waals surface area contributed by atoms with Gasteiger partial charge < -0.3 is 10.6 Å². The molecule has 3 rings (SSSR count). The number of urea groups is 1. The molecule has 0 fully saturated rings. The molecule has 1 aromatic carbocycles. The van der Waals surface area contributed by atoms with E-state index >= 15 is 0 Å². The zero-order valence-electron chi connectivity index (χ0n) is 13.4. The number of halogens is 2. The highest BCUT2D eigenvalue weighted by molar-refractivity contribution is 6.31. The summed E-state index contributed by atoms with van der Waals surface area (Å²) in [4.78, 5) is 29.2. The van der Waals surface area contributed by atoms with Crippen molar-refractivity contribution in [3.05, 3.63) is 68.2 Å². The van der Waals surface area contributed by atoms with E-state index in [2.05, 4.69) is 15.6 Å². The van der Waals surface area contributed by atoms with Gasteiger partial charge >= 0.3 is 6.03 Å². The SMILES string of the molecule is Cc1nc2ccc(Cl)cn2c(=O)c1NC(=O)Nc1cccc(Cl)c1C. The van der Waals surface area contributed by atoms with Crippen LogP contribution in [0.5, 0.6) is 0 Å². The van der Waals surface area contributed by atoms with Gasteiger partial charge in [-0.1, -0.05) is 29.3 Å². The van der Waals surface area contributed by atoms with Crippen molar-refractivity contribution in [2.24, 2.45) is 0 Å². The maximum absolute atomic E-state index is 12.6. The number of nitrogens with zero attached hydrogens (tertiary/aromatic N) is 2. The highest BCUT2D eigenvalue weighted by Gasteiger charge is 2.14. The topological polar surface area (TPSA) is 75.5 Å². The maximum atomic E-state index is 12.6. The molecule has 0 aliphatic carbocycles. The van der Waals surface area contributed by atoms with E-state index in [1.54, 1.807) is 44.2 Å². The summed E-state index contributed by atoms with van der Waals surface area (Å²) in [7, 11) is 0. The molecule has 128 valence electrons. The third-order valence-corrected chi connectivity index (χ3v) is 4.36. The second-order valence-electron chi connectivity index (χ2n) is 5.44. The van der Waals surface area contributed by atoms with Crippen molar-refractivity contribution < 1.29 is 4.79 Å². The molecule has 3 aromatic rings. The molecule has 0 saturated heterocycles. The van der Waals surface area contributed by atoms with Crippen LogP contribution in [-0.4, -0.2) is 15.4 Å². The number of anilines is 2. The number of hydrogen-bond donors (Lipinski definition) is 2. The van der Waals surface area contributed by atoms with Gasteiger partial charge in [-0.3, -0.25) is 9.20 Å². The first-order valence-corrected chi connectivity index (χ1v) is 8.14. The minimum atomic E-state index is -0.561. The van der Waals surface area contributed by atoms with Crippen LogP contribution in [0.1, 0.15) is 11.3 Å². The largest absolute Gasteiger partial charge is 0.323 e. The quantitative estimate of drug-likeness (QED) is 0.701. The van der Waals surface area contributed by atoms with Gasteiger partial charge in [-0.05, 0) is 43.7 Å². The fraction of sp³-hybridized carbons (Fsp3) is 0.118. The Morgan fingerprint density at radius 3 is 2.64 bits per heavy atom. The van der Waals surface area contributed by atoms with Gasteiger partial charge in [-0.2, -0.15) is 0 Å². The lowest BCUT2D eigenvalue weighted by atomic mass is 10.2. The first kappa shape index (κ1) is 17.3. The van der Waals surface area contributed by atoms with E-state index in [1.165, 1.54) is 10.6 Å². The van der Waals surface area contributed by atoms with Gasteiger partial charge in [0.05, 0.1) is 10.7 Å². The van der Waals surface area contributed by atoms with Crippen molar-refractivity contribution in [2.45, 2.75) is 13.8 Å². The number of hydrogen-bond acceptors (Lipinski definition) is 3. The summed E-state index contributed by atoms with van der Waals surface area (Å²) >= 11 is 12.0. The third-order valence-electron chi connectivity index (χ3n) is 3.72. The summed E-state index contributed by atoms with van der Waals surface area (Å²) in [6.45, 7) is 3.44. The number of fused-ring (bicyclic) bond motifs is 1. The minimum Gasteiger partial charge on any atom is -0.307 e.